The van der Waals surface area contributed by atoms with E-state index < -0.39 is 5.60 Å². The van der Waals surface area contributed by atoms with E-state index in [1.54, 1.807) is 0 Å². The van der Waals surface area contributed by atoms with E-state index in [-0.39, 0.29) is 23.6 Å². The first kappa shape index (κ1) is 15.1. The van der Waals surface area contributed by atoms with Gasteiger partial charge in [-0.05, 0) is 46.5 Å². The average Bonchev–Trinajstić information content (AvgIpc) is 2.68. The van der Waals surface area contributed by atoms with Crippen molar-refractivity contribution >= 4 is 12.0 Å². The summed E-state index contributed by atoms with van der Waals surface area (Å²) in [6.07, 6.45) is 3.83. The van der Waals surface area contributed by atoms with Crippen molar-refractivity contribution in [1.82, 2.24) is 10.2 Å². The van der Waals surface area contributed by atoms with Crippen LogP contribution in [0.2, 0.25) is 0 Å². The van der Waals surface area contributed by atoms with Crippen LogP contribution < -0.4 is 5.32 Å². The number of amides is 2. The van der Waals surface area contributed by atoms with Gasteiger partial charge in [0.2, 0.25) is 5.91 Å². The molecule has 0 radical (unpaired) electrons. The Kier molecular flexibility index (Phi) is 3.98. The lowest BCUT2D eigenvalue weighted by atomic mass is 9.79. The minimum atomic E-state index is -0.487. The van der Waals surface area contributed by atoms with Crippen molar-refractivity contribution in [2.24, 2.45) is 0 Å². The molecular weight excluding hydrogens is 256 g/mol. The van der Waals surface area contributed by atoms with Crippen molar-refractivity contribution in [2.45, 2.75) is 77.0 Å². The highest BCUT2D eigenvalue weighted by molar-refractivity contribution is 5.80. The maximum absolute atomic E-state index is 12.4. The second-order valence-corrected chi connectivity index (χ2v) is 6.91. The Morgan fingerprint density at radius 3 is 2.65 bits per heavy atom. The number of carbonyl (C=O) groups excluding carboxylic acids is 2. The van der Waals surface area contributed by atoms with E-state index in [4.69, 9.17) is 4.74 Å². The van der Waals surface area contributed by atoms with Crippen molar-refractivity contribution < 1.29 is 14.3 Å². The molecule has 114 valence electrons. The summed E-state index contributed by atoms with van der Waals surface area (Å²) in [6.45, 7) is 8.42. The Labute approximate surface area is 121 Å². The molecule has 2 heterocycles. The second-order valence-electron chi connectivity index (χ2n) is 6.91. The number of hydrogen-bond acceptors (Lipinski definition) is 3. The Morgan fingerprint density at radius 2 is 2.15 bits per heavy atom. The van der Waals surface area contributed by atoms with Gasteiger partial charge in [0.15, 0.2) is 0 Å². The molecule has 2 rings (SSSR count). The van der Waals surface area contributed by atoms with E-state index in [2.05, 4.69) is 12.2 Å². The number of hydrogen-bond donors (Lipinski definition) is 1. The van der Waals surface area contributed by atoms with Gasteiger partial charge in [-0.25, -0.2) is 4.79 Å². The largest absolute Gasteiger partial charge is 0.444 e. The van der Waals surface area contributed by atoms with Crippen LogP contribution in [0.15, 0.2) is 0 Å². The fourth-order valence-electron chi connectivity index (χ4n) is 3.51. The summed E-state index contributed by atoms with van der Waals surface area (Å²) in [6, 6.07) is 0.0394. The van der Waals surface area contributed by atoms with Crippen LogP contribution in [0.3, 0.4) is 0 Å². The summed E-state index contributed by atoms with van der Waals surface area (Å²) < 4.78 is 5.51. The van der Waals surface area contributed by atoms with E-state index in [9.17, 15) is 9.59 Å². The van der Waals surface area contributed by atoms with Crippen LogP contribution in [0, 0.1) is 0 Å². The first-order valence-corrected chi connectivity index (χ1v) is 7.58. The number of nitrogens with one attached hydrogen (secondary N) is 1. The molecular formula is C15H26N2O3. The number of nitrogens with zero attached hydrogens (tertiary/aromatic N) is 1. The molecule has 1 spiro atoms. The zero-order chi connectivity index (χ0) is 15.0. The van der Waals surface area contributed by atoms with E-state index in [0.29, 0.717) is 13.0 Å². The van der Waals surface area contributed by atoms with E-state index in [1.165, 1.54) is 0 Å². The maximum Gasteiger partial charge on any atom is 0.410 e. The molecule has 2 aliphatic rings. The van der Waals surface area contributed by atoms with Gasteiger partial charge in [-0.1, -0.05) is 6.92 Å². The summed E-state index contributed by atoms with van der Waals surface area (Å²) >= 11 is 0. The molecule has 0 saturated carbocycles. The smallest absolute Gasteiger partial charge is 0.410 e. The summed E-state index contributed by atoms with van der Waals surface area (Å²) in [7, 11) is 0. The standard InChI is InChI=1S/C15H26N2O3/c1-5-11-15(9-7-12(18)16-15)8-6-10-17(11)13(19)20-14(2,3)4/h11H,5-10H2,1-4H3,(H,16,18)/t11?,15-/m0/s1. The molecule has 20 heavy (non-hydrogen) atoms. The number of carbonyl (C=O) groups is 2. The average molecular weight is 282 g/mol. The topological polar surface area (TPSA) is 58.6 Å². The Hall–Kier alpha value is -1.26. The second kappa shape index (κ2) is 5.26. The third-order valence-electron chi connectivity index (χ3n) is 4.24. The third kappa shape index (κ3) is 2.91. The molecule has 2 aliphatic heterocycles. The van der Waals surface area contributed by atoms with Gasteiger partial charge in [0.05, 0.1) is 11.6 Å². The lowest BCUT2D eigenvalue weighted by Gasteiger charge is -2.47. The zero-order valence-electron chi connectivity index (χ0n) is 13.0. The number of likely N-dealkylation sites (tertiary alicyclic amines) is 1. The molecule has 1 N–H and O–H groups in total. The van der Waals surface area contributed by atoms with Gasteiger partial charge < -0.3 is 15.0 Å². The van der Waals surface area contributed by atoms with Gasteiger partial charge in [-0.15, -0.1) is 0 Å². The third-order valence-corrected chi connectivity index (χ3v) is 4.24. The Bertz CT molecular complexity index is 402. The molecule has 0 aliphatic carbocycles. The minimum Gasteiger partial charge on any atom is -0.444 e. The van der Waals surface area contributed by atoms with Crippen molar-refractivity contribution in [1.29, 1.82) is 0 Å². The normalized spacial score (nSPS) is 30.5. The fourth-order valence-corrected chi connectivity index (χ4v) is 3.51. The first-order chi connectivity index (χ1) is 9.27. The number of rotatable bonds is 1. The lowest BCUT2D eigenvalue weighted by molar-refractivity contribution is -0.120. The van der Waals surface area contributed by atoms with Gasteiger partial charge in [-0.2, -0.15) is 0 Å². The summed E-state index contributed by atoms with van der Waals surface area (Å²) in [4.78, 5) is 25.9. The van der Waals surface area contributed by atoms with E-state index in [0.717, 1.165) is 25.7 Å². The predicted molar refractivity (Wildman–Crippen MR) is 76.4 cm³/mol. The van der Waals surface area contributed by atoms with Crippen LogP contribution in [0.4, 0.5) is 4.79 Å². The van der Waals surface area contributed by atoms with Crippen molar-refractivity contribution in [3.8, 4) is 0 Å². The van der Waals surface area contributed by atoms with Gasteiger partial charge in [0, 0.05) is 13.0 Å². The number of ether oxygens (including phenoxy) is 1. The molecule has 2 saturated heterocycles. The molecule has 0 aromatic carbocycles. The number of piperidine rings is 1. The minimum absolute atomic E-state index is 0.0394. The van der Waals surface area contributed by atoms with E-state index in [1.807, 2.05) is 25.7 Å². The molecule has 2 amide bonds. The van der Waals surface area contributed by atoms with Gasteiger partial charge in [-0.3, -0.25) is 4.79 Å². The maximum atomic E-state index is 12.4. The Balaban J connectivity index is 2.17. The molecule has 0 aromatic rings. The molecule has 2 atom stereocenters. The lowest BCUT2D eigenvalue weighted by Crippen LogP contribution is -2.63. The highest BCUT2D eigenvalue weighted by Crippen LogP contribution is 2.37. The predicted octanol–water partition coefficient (Wildman–Crippen LogP) is 2.44. The molecule has 5 heteroatoms. The van der Waals surface area contributed by atoms with Crippen LogP contribution in [0.25, 0.3) is 0 Å². The summed E-state index contributed by atoms with van der Waals surface area (Å²) in [5.74, 6) is 0.106. The van der Waals surface area contributed by atoms with Crippen LogP contribution in [0.1, 0.15) is 59.8 Å². The zero-order valence-corrected chi connectivity index (χ0v) is 13.0. The van der Waals surface area contributed by atoms with Gasteiger partial charge in [0.1, 0.15) is 5.60 Å². The van der Waals surface area contributed by atoms with Crippen LogP contribution in [-0.2, 0) is 9.53 Å². The van der Waals surface area contributed by atoms with Crippen LogP contribution >= 0.6 is 0 Å². The molecule has 1 unspecified atom stereocenters. The highest BCUT2D eigenvalue weighted by Gasteiger charge is 2.49. The van der Waals surface area contributed by atoms with Crippen molar-refractivity contribution in [3.63, 3.8) is 0 Å². The van der Waals surface area contributed by atoms with E-state index >= 15 is 0 Å². The first-order valence-electron chi connectivity index (χ1n) is 7.58. The monoisotopic (exact) mass is 282 g/mol. The molecule has 2 fully saturated rings. The quantitative estimate of drug-likeness (QED) is 0.803. The molecule has 5 nitrogen and oxygen atoms in total. The molecule has 0 bridgehead atoms. The summed E-state index contributed by atoms with van der Waals surface area (Å²) in [5.41, 5.74) is -0.722. The molecule has 0 aromatic heterocycles. The van der Waals surface area contributed by atoms with Gasteiger partial charge in [0.25, 0.3) is 0 Å². The SMILES string of the molecule is CCC1N(C(=O)OC(C)(C)C)CCC[C@]12CCC(=O)N2. The summed E-state index contributed by atoms with van der Waals surface area (Å²) in [5, 5.41) is 3.13. The van der Waals surface area contributed by atoms with Gasteiger partial charge >= 0.3 is 6.09 Å². The van der Waals surface area contributed by atoms with Crippen LogP contribution in [0.5, 0.6) is 0 Å². The fraction of sp³-hybridized carbons (Fsp3) is 0.867. The van der Waals surface area contributed by atoms with Crippen LogP contribution in [-0.4, -0.2) is 40.6 Å². The Morgan fingerprint density at radius 1 is 1.45 bits per heavy atom. The highest BCUT2D eigenvalue weighted by atomic mass is 16.6. The van der Waals surface area contributed by atoms with Crippen molar-refractivity contribution in [2.75, 3.05) is 6.54 Å². The van der Waals surface area contributed by atoms with Crippen molar-refractivity contribution in [3.05, 3.63) is 0 Å².